The van der Waals surface area contributed by atoms with E-state index in [0.29, 0.717) is 19.5 Å². The summed E-state index contributed by atoms with van der Waals surface area (Å²) < 4.78 is 12.9. The van der Waals surface area contributed by atoms with Crippen LogP contribution in [0.15, 0.2) is 36.4 Å². The van der Waals surface area contributed by atoms with Gasteiger partial charge < -0.3 is 14.7 Å². The van der Waals surface area contributed by atoms with Crippen molar-refractivity contribution in [3.63, 3.8) is 0 Å². The lowest BCUT2D eigenvalue weighted by Gasteiger charge is -2.35. The molecule has 0 spiro atoms. The van der Waals surface area contributed by atoms with Gasteiger partial charge in [-0.05, 0) is 29.8 Å². The minimum atomic E-state index is -0.286. The fourth-order valence-corrected chi connectivity index (χ4v) is 2.80. The molecule has 0 atom stereocenters. The second kappa shape index (κ2) is 7.46. The number of benzene rings is 1. The predicted molar refractivity (Wildman–Crippen MR) is 95.3 cm³/mol. The third kappa shape index (κ3) is 4.23. The molecule has 3 rings (SSSR count). The molecule has 0 N–H and O–H groups in total. The summed E-state index contributed by atoms with van der Waals surface area (Å²) in [7, 11) is 3.85. The van der Waals surface area contributed by atoms with Crippen LogP contribution in [-0.4, -0.2) is 61.3 Å². The van der Waals surface area contributed by atoms with Gasteiger partial charge in [0.15, 0.2) is 11.6 Å². The molecule has 1 saturated heterocycles. The molecule has 0 saturated carbocycles. The van der Waals surface area contributed by atoms with E-state index >= 15 is 0 Å². The van der Waals surface area contributed by atoms with E-state index < -0.39 is 0 Å². The van der Waals surface area contributed by atoms with Crippen molar-refractivity contribution in [2.24, 2.45) is 0 Å². The average molecular weight is 343 g/mol. The van der Waals surface area contributed by atoms with Crippen LogP contribution in [0.3, 0.4) is 0 Å². The Balaban J connectivity index is 1.54. The van der Waals surface area contributed by atoms with Gasteiger partial charge in [0.05, 0.1) is 6.42 Å². The zero-order valence-electron chi connectivity index (χ0n) is 14.5. The van der Waals surface area contributed by atoms with E-state index in [9.17, 15) is 9.18 Å². The van der Waals surface area contributed by atoms with Crippen molar-refractivity contribution < 1.29 is 9.18 Å². The first kappa shape index (κ1) is 17.1. The minimum Gasteiger partial charge on any atom is -0.361 e. The van der Waals surface area contributed by atoms with Gasteiger partial charge in [0.25, 0.3) is 0 Å². The Morgan fingerprint density at radius 2 is 1.72 bits per heavy atom. The Morgan fingerprint density at radius 3 is 2.28 bits per heavy atom. The second-order valence-corrected chi connectivity index (χ2v) is 6.32. The van der Waals surface area contributed by atoms with Crippen LogP contribution >= 0.6 is 0 Å². The van der Waals surface area contributed by atoms with Crippen LogP contribution in [0.4, 0.5) is 16.0 Å². The highest BCUT2D eigenvalue weighted by Gasteiger charge is 2.22. The Labute approximate surface area is 146 Å². The molecule has 132 valence electrons. The Morgan fingerprint density at radius 1 is 1.04 bits per heavy atom. The van der Waals surface area contributed by atoms with Crippen molar-refractivity contribution in [2.75, 3.05) is 50.1 Å². The lowest BCUT2D eigenvalue weighted by molar-refractivity contribution is -0.130. The Kier molecular flexibility index (Phi) is 5.11. The van der Waals surface area contributed by atoms with Gasteiger partial charge in [0.2, 0.25) is 5.91 Å². The van der Waals surface area contributed by atoms with Crippen molar-refractivity contribution in [1.29, 1.82) is 0 Å². The van der Waals surface area contributed by atoms with E-state index in [1.165, 1.54) is 12.1 Å². The maximum Gasteiger partial charge on any atom is 0.227 e. The fourth-order valence-electron chi connectivity index (χ4n) is 2.80. The summed E-state index contributed by atoms with van der Waals surface area (Å²) in [6, 6.07) is 9.98. The SMILES string of the molecule is CN(C)c1ccc(N2CCN(C(=O)Cc3ccc(F)cc3)CC2)nn1. The molecule has 6 nitrogen and oxygen atoms in total. The number of hydrogen-bond donors (Lipinski definition) is 0. The van der Waals surface area contributed by atoms with E-state index in [0.717, 1.165) is 30.3 Å². The largest absolute Gasteiger partial charge is 0.361 e. The number of rotatable bonds is 4. The van der Waals surface area contributed by atoms with E-state index in [-0.39, 0.29) is 11.7 Å². The maximum absolute atomic E-state index is 12.9. The zero-order valence-corrected chi connectivity index (χ0v) is 14.5. The van der Waals surface area contributed by atoms with Crippen molar-refractivity contribution in [3.8, 4) is 0 Å². The molecule has 25 heavy (non-hydrogen) atoms. The summed E-state index contributed by atoms with van der Waals surface area (Å²) in [6.07, 6.45) is 0.303. The Hall–Kier alpha value is -2.70. The average Bonchev–Trinajstić information content (AvgIpc) is 2.64. The van der Waals surface area contributed by atoms with Gasteiger partial charge in [-0.2, -0.15) is 0 Å². The molecular weight excluding hydrogens is 321 g/mol. The van der Waals surface area contributed by atoms with Gasteiger partial charge >= 0.3 is 0 Å². The molecule has 0 bridgehead atoms. The Bertz CT molecular complexity index is 709. The highest BCUT2D eigenvalue weighted by atomic mass is 19.1. The summed E-state index contributed by atoms with van der Waals surface area (Å²) >= 11 is 0. The zero-order chi connectivity index (χ0) is 17.8. The van der Waals surface area contributed by atoms with Crippen LogP contribution in [0, 0.1) is 5.82 Å². The smallest absolute Gasteiger partial charge is 0.227 e. The molecule has 1 aliphatic rings. The summed E-state index contributed by atoms with van der Waals surface area (Å²) in [4.78, 5) is 18.3. The van der Waals surface area contributed by atoms with Crippen molar-refractivity contribution in [2.45, 2.75) is 6.42 Å². The number of hydrogen-bond acceptors (Lipinski definition) is 5. The number of anilines is 2. The molecule has 1 fully saturated rings. The van der Waals surface area contributed by atoms with Gasteiger partial charge in [0, 0.05) is 40.3 Å². The monoisotopic (exact) mass is 343 g/mol. The highest BCUT2D eigenvalue weighted by molar-refractivity contribution is 5.79. The molecule has 2 heterocycles. The lowest BCUT2D eigenvalue weighted by atomic mass is 10.1. The molecule has 2 aromatic rings. The first-order valence-corrected chi connectivity index (χ1v) is 8.31. The normalized spacial score (nSPS) is 14.5. The van der Waals surface area contributed by atoms with Crippen LogP contribution in [-0.2, 0) is 11.2 Å². The van der Waals surface area contributed by atoms with Gasteiger partial charge in [0.1, 0.15) is 5.82 Å². The quantitative estimate of drug-likeness (QED) is 0.844. The van der Waals surface area contributed by atoms with Crippen LogP contribution in [0.1, 0.15) is 5.56 Å². The van der Waals surface area contributed by atoms with Crippen molar-refractivity contribution in [1.82, 2.24) is 15.1 Å². The van der Waals surface area contributed by atoms with Crippen molar-refractivity contribution in [3.05, 3.63) is 47.8 Å². The molecular formula is C18H22FN5O. The summed E-state index contributed by atoms with van der Waals surface area (Å²) in [5.41, 5.74) is 0.832. The van der Waals surface area contributed by atoms with E-state index in [2.05, 4.69) is 15.1 Å². The van der Waals surface area contributed by atoms with Crippen LogP contribution < -0.4 is 9.80 Å². The lowest BCUT2D eigenvalue weighted by Crippen LogP contribution is -2.49. The van der Waals surface area contributed by atoms with Gasteiger partial charge in [-0.15, -0.1) is 10.2 Å². The first-order chi connectivity index (χ1) is 12.0. The topological polar surface area (TPSA) is 52.6 Å². The van der Waals surface area contributed by atoms with Crippen molar-refractivity contribution >= 4 is 17.5 Å². The molecule has 1 aromatic carbocycles. The van der Waals surface area contributed by atoms with E-state index in [4.69, 9.17) is 0 Å². The number of aromatic nitrogens is 2. The molecule has 1 amide bonds. The van der Waals surface area contributed by atoms with Crippen LogP contribution in [0.5, 0.6) is 0 Å². The van der Waals surface area contributed by atoms with Crippen LogP contribution in [0.2, 0.25) is 0 Å². The number of halogens is 1. The maximum atomic E-state index is 12.9. The molecule has 1 aliphatic heterocycles. The van der Waals surface area contributed by atoms with Gasteiger partial charge in [-0.3, -0.25) is 4.79 Å². The van der Waals surface area contributed by atoms with Gasteiger partial charge in [-0.1, -0.05) is 12.1 Å². The third-order valence-corrected chi connectivity index (χ3v) is 4.32. The highest BCUT2D eigenvalue weighted by Crippen LogP contribution is 2.16. The number of nitrogens with zero attached hydrogens (tertiary/aromatic N) is 5. The third-order valence-electron chi connectivity index (χ3n) is 4.32. The second-order valence-electron chi connectivity index (χ2n) is 6.32. The number of carbonyl (C=O) groups is 1. The summed E-state index contributed by atoms with van der Waals surface area (Å²) in [5, 5.41) is 8.46. The standard InChI is InChI=1S/C18H22FN5O/c1-22(2)16-7-8-17(21-20-16)23-9-11-24(12-10-23)18(25)13-14-3-5-15(19)6-4-14/h3-8H,9-13H2,1-2H3. The number of carbonyl (C=O) groups excluding carboxylic acids is 1. The molecule has 0 aliphatic carbocycles. The predicted octanol–water partition coefficient (Wildman–Crippen LogP) is 1.57. The number of piperazine rings is 1. The summed E-state index contributed by atoms with van der Waals surface area (Å²) in [5.74, 6) is 1.43. The molecule has 0 radical (unpaired) electrons. The molecule has 7 heteroatoms. The summed E-state index contributed by atoms with van der Waals surface area (Å²) in [6.45, 7) is 2.75. The number of amides is 1. The van der Waals surface area contributed by atoms with E-state index in [1.807, 2.05) is 36.0 Å². The van der Waals surface area contributed by atoms with Gasteiger partial charge in [-0.25, -0.2) is 4.39 Å². The minimum absolute atomic E-state index is 0.0697. The first-order valence-electron chi connectivity index (χ1n) is 8.31. The fraction of sp³-hybridized carbons (Fsp3) is 0.389. The van der Waals surface area contributed by atoms with E-state index in [1.54, 1.807) is 12.1 Å². The molecule has 1 aromatic heterocycles. The molecule has 0 unspecified atom stereocenters. The van der Waals surface area contributed by atoms with Crippen LogP contribution in [0.25, 0.3) is 0 Å².